The molecule has 0 aromatic rings. The maximum absolute atomic E-state index is 13.0. The number of hydrogen-bond acceptors (Lipinski definition) is 3. The number of amides is 2. The number of nitrogens with one attached hydrogen (secondary N) is 1. The summed E-state index contributed by atoms with van der Waals surface area (Å²) in [5.74, 6) is 1.44. The lowest BCUT2D eigenvalue weighted by molar-refractivity contribution is -0.140. The van der Waals surface area contributed by atoms with Crippen LogP contribution in [0.4, 0.5) is 0 Å². The second-order valence-corrected chi connectivity index (χ2v) is 7.66. The fourth-order valence-corrected chi connectivity index (χ4v) is 3.87. The number of rotatable bonds is 5. The molecule has 0 radical (unpaired) electrons. The van der Waals surface area contributed by atoms with Crippen LogP contribution in [-0.4, -0.2) is 60.4 Å². The van der Waals surface area contributed by atoms with Gasteiger partial charge in [0, 0.05) is 20.1 Å². The van der Waals surface area contributed by atoms with E-state index in [2.05, 4.69) is 31.0 Å². The molecule has 132 valence electrons. The number of nitrogens with zero attached hydrogens (tertiary/aromatic N) is 2. The molecule has 2 rings (SSSR count). The van der Waals surface area contributed by atoms with E-state index >= 15 is 0 Å². The molecule has 0 aromatic heterocycles. The van der Waals surface area contributed by atoms with Crippen molar-refractivity contribution in [2.24, 2.45) is 11.8 Å². The average Bonchev–Trinajstić information content (AvgIpc) is 3.01. The first-order valence-corrected chi connectivity index (χ1v) is 9.20. The summed E-state index contributed by atoms with van der Waals surface area (Å²) in [6.07, 6.45) is 4.90. The third kappa shape index (κ3) is 4.46. The lowest BCUT2D eigenvalue weighted by Gasteiger charge is -2.37. The molecule has 1 N–H and O–H groups in total. The summed E-state index contributed by atoms with van der Waals surface area (Å²) in [6, 6.07) is -0.287. The van der Waals surface area contributed by atoms with E-state index in [4.69, 9.17) is 0 Å². The third-order valence-electron chi connectivity index (χ3n) is 5.32. The highest BCUT2D eigenvalue weighted by Gasteiger charge is 2.40. The topological polar surface area (TPSA) is 52.7 Å². The third-order valence-corrected chi connectivity index (χ3v) is 5.32. The Bertz CT molecular complexity index is 416. The predicted octanol–water partition coefficient (Wildman–Crippen LogP) is 1.87. The molecule has 2 saturated heterocycles. The molecule has 2 fully saturated rings. The van der Waals surface area contributed by atoms with Gasteiger partial charge >= 0.3 is 0 Å². The van der Waals surface area contributed by atoms with Gasteiger partial charge in [-0.2, -0.15) is 0 Å². The standard InChI is InChI=1S/C18H33N3O2/c1-13(2)12-16(17(22)19-4)21-9-5-6-15(21)18(23)20-10-7-14(3)8-11-20/h13-16H,5-12H2,1-4H3,(H,19,22)/t15-,16+/m0/s1. The van der Waals surface area contributed by atoms with Crippen molar-refractivity contribution in [2.75, 3.05) is 26.7 Å². The average molecular weight is 323 g/mol. The van der Waals surface area contributed by atoms with Gasteiger partial charge in [0.25, 0.3) is 0 Å². The summed E-state index contributed by atoms with van der Waals surface area (Å²) in [7, 11) is 1.69. The van der Waals surface area contributed by atoms with Gasteiger partial charge in [0.05, 0.1) is 12.1 Å². The minimum atomic E-state index is -0.180. The number of piperidine rings is 1. The summed E-state index contributed by atoms with van der Waals surface area (Å²) in [5.41, 5.74) is 0. The quantitative estimate of drug-likeness (QED) is 0.840. The molecule has 0 aromatic carbocycles. The summed E-state index contributed by atoms with van der Waals surface area (Å²) >= 11 is 0. The first-order chi connectivity index (χ1) is 10.9. The highest BCUT2D eigenvalue weighted by Crippen LogP contribution is 2.27. The van der Waals surface area contributed by atoms with Crippen LogP contribution in [0.1, 0.15) is 52.9 Å². The molecule has 0 saturated carbocycles. The van der Waals surface area contributed by atoms with E-state index in [9.17, 15) is 9.59 Å². The summed E-state index contributed by atoms with van der Waals surface area (Å²) in [5, 5.41) is 2.79. The van der Waals surface area contributed by atoms with Crippen molar-refractivity contribution in [2.45, 2.75) is 65.0 Å². The van der Waals surface area contributed by atoms with E-state index in [0.717, 1.165) is 57.7 Å². The van der Waals surface area contributed by atoms with Crippen molar-refractivity contribution in [1.29, 1.82) is 0 Å². The van der Waals surface area contributed by atoms with Gasteiger partial charge in [0.2, 0.25) is 11.8 Å². The van der Waals surface area contributed by atoms with Gasteiger partial charge in [0.15, 0.2) is 0 Å². The highest BCUT2D eigenvalue weighted by atomic mass is 16.2. The van der Waals surface area contributed by atoms with E-state index in [1.165, 1.54) is 0 Å². The zero-order valence-corrected chi connectivity index (χ0v) is 15.2. The lowest BCUT2D eigenvalue weighted by atomic mass is 9.97. The Labute approximate surface area is 140 Å². The molecule has 5 heteroatoms. The predicted molar refractivity (Wildman–Crippen MR) is 92.0 cm³/mol. The van der Waals surface area contributed by atoms with E-state index in [0.29, 0.717) is 5.92 Å². The highest BCUT2D eigenvalue weighted by molar-refractivity contribution is 5.85. The zero-order chi connectivity index (χ0) is 17.0. The SMILES string of the molecule is CNC(=O)[C@@H](CC(C)C)N1CCC[C@H]1C(=O)N1CCC(C)CC1. The van der Waals surface area contributed by atoms with Crippen LogP contribution >= 0.6 is 0 Å². The Hall–Kier alpha value is -1.10. The molecule has 2 atom stereocenters. The Morgan fingerprint density at radius 3 is 2.35 bits per heavy atom. The Balaban J connectivity index is 2.07. The maximum Gasteiger partial charge on any atom is 0.239 e. The number of carbonyl (C=O) groups excluding carboxylic acids is 2. The van der Waals surface area contributed by atoms with Gasteiger partial charge < -0.3 is 10.2 Å². The van der Waals surface area contributed by atoms with Crippen LogP contribution < -0.4 is 5.32 Å². The molecular weight excluding hydrogens is 290 g/mol. The van der Waals surface area contributed by atoms with E-state index in [1.54, 1.807) is 7.05 Å². The molecule has 2 aliphatic heterocycles. The van der Waals surface area contributed by atoms with Gasteiger partial charge in [0.1, 0.15) is 0 Å². The van der Waals surface area contributed by atoms with E-state index in [1.807, 2.05) is 4.90 Å². The molecule has 0 spiro atoms. The van der Waals surface area contributed by atoms with Gasteiger partial charge in [-0.05, 0) is 50.5 Å². The van der Waals surface area contributed by atoms with Crippen molar-refractivity contribution in [3.05, 3.63) is 0 Å². The molecule has 5 nitrogen and oxygen atoms in total. The van der Waals surface area contributed by atoms with Crippen LogP contribution in [0.15, 0.2) is 0 Å². The monoisotopic (exact) mass is 323 g/mol. The molecule has 0 aliphatic carbocycles. The molecule has 2 aliphatic rings. The Kier molecular flexibility index (Phi) is 6.45. The van der Waals surface area contributed by atoms with Gasteiger partial charge in [-0.3, -0.25) is 14.5 Å². The number of likely N-dealkylation sites (N-methyl/N-ethyl adjacent to an activating group) is 1. The van der Waals surface area contributed by atoms with Crippen molar-refractivity contribution < 1.29 is 9.59 Å². The van der Waals surface area contributed by atoms with Crippen molar-refractivity contribution in [1.82, 2.24) is 15.1 Å². The first kappa shape index (κ1) is 18.2. The Morgan fingerprint density at radius 2 is 1.78 bits per heavy atom. The largest absolute Gasteiger partial charge is 0.358 e. The molecular formula is C18H33N3O2. The summed E-state index contributed by atoms with van der Waals surface area (Å²) in [6.45, 7) is 9.13. The molecule has 23 heavy (non-hydrogen) atoms. The fraction of sp³-hybridized carbons (Fsp3) is 0.889. The number of likely N-dealkylation sites (tertiary alicyclic amines) is 2. The van der Waals surface area contributed by atoms with E-state index < -0.39 is 0 Å². The van der Waals surface area contributed by atoms with Crippen LogP contribution in [0.25, 0.3) is 0 Å². The second-order valence-electron chi connectivity index (χ2n) is 7.66. The summed E-state index contributed by atoms with van der Waals surface area (Å²) < 4.78 is 0. The van der Waals surface area contributed by atoms with Gasteiger partial charge in [-0.15, -0.1) is 0 Å². The lowest BCUT2D eigenvalue weighted by Crippen LogP contribution is -2.54. The van der Waals surface area contributed by atoms with Crippen molar-refractivity contribution >= 4 is 11.8 Å². The maximum atomic E-state index is 13.0. The molecule has 2 heterocycles. The minimum Gasteiger partial charge on any atom is -0.358 e. The van der Waals surface area contributed by atoms with Crippen LogP contribution in [0.2, 0.25) is 0 Å². The van der Waals surface area contributed by atoms with Crippen LogP contribution in [0, 0.1) is 11.8 Å². The van der Waals surface area contributed by atoms with Gasteiger partial charge in [-0.25, -0.2) is 0 Å². The smallest absolute Gasteiger partial charge is 0.239 e. The molecule has 0 unspecified atom stereocenters. The Morgan fingerprint density at radius 1 is 1.13 bits per heavy atom. The fourth-order valence-electron chi connectivity index (χ4n) is 3.87. The number of hydrogen-bond donors (Lipinski definition) is 1. The van der Waals surface area contributed by atoms with Crippen molar-refractivity contribution in [3.63, 3.8) is 0 Å². The van der Waals surface area contributed by atoms with Gasteiger partial charge in [-0.1, -0.05) is 20.8 Å². The normalized spacial score (nSPS) is 24.9. The minimum absolute atomic E-state index is 0.0469. The number of carbonyl (C=O) groups is 2. The first-order valence-electron chi connectivity index (χ1n) is 9.20. The zero-order valence-electron chi connectivity index (χ0n) is 15.2. The molecule has 2 amide bonds. The summed E-state index contributed by atoms with van der Waals surface area (Å²) in [4.78, 5) is 29.5. The second kappa shape index (κ2) is 8.13. The van der Waals surface area contributed by atoms with E-state index in [-0.39, 0.29) is 23.9 Å². The molecule has 0 bridgehead atoms. The van der Waals surface area contributed by atoms with Crippen LogP contribution in [-0.2, 0) is 9.59 Å². The van der Waals surface area contributed by atoms with Crippen LogP contribution in [0.5, 0.6) is 0 Å². The van der Waals surface area contributed by atoms with Crippen LogP contribution in [0.3, 0.4) is 0 Å². The van der Waals surface area contributed by atoms with Crippen molar-refractivity contribution in [3.8, 4) is 0 Å².